The van der Waals surface area contributed by atoms with Gasteiger partial charge in [0.2, 0.25) is 0 Å². The van der Waals surface area contributed by atoms with Gasteiger partial charge in [0.05, 0.1) is 23.4 Å². The molecule has 1 aromatic carbocycles. The summed E-state index contributed by atoms with van der Waals surface area (Å²) >= 11 is 1.37. The van der Waals surface area contributed by atoms with Gasteiger partial charge < -0.3 is 34.1 Å². The quantitative estimate of drug-likeness (QED) is 0.293. The first kappa shape index (κ1) is 41.2. The minimum Gasteiger partial charge on any atom is -0.490 e. The summed E-state index contributed by atoms with van der Waals surface area (Å²) in [5.41, 5.74) is 0.709. The van der Waals surface area contributed by atoms with Crippen LogP contribution in [0.25, 0.3) is 21.0 Å². The second-order valence-electron chi connectivity index (χ2n) is 10.5. The van der Waals surface area contributed by atoms with Crippen molar-refractivity contribution < 1.29 is 60.4 Å². The smallest absolute Gasteiger partial charge is 0.490 e. The normalized spacial score (nSPS) is 13.8. The predicted molar refractivity (Wildman–Crippen MR) is 169 cm³/mol. The number of carboxylic acid groups (broad SMARTS) is 2. The summed E-state index contributed by atoms with van der Waals surface area (Å²) in [4.78, 5) is 51.7. The molecule has 1 amide bonds. The summed E-state index contributed by atoms with van der Waals surface area (Å²) in [6.07, 6.45) is -10.2. The number of aromatic nitrogens is 1. The molecule has 3 heterocycles. The van der Waals surface area contributed by atoms with Crippen LogP contribution in [-0.2, 0) is 21.4 Å². The van der Waals surface area contributed by atoms with Crippen LogP contribution in [0.2, 0.25) is 0 Å². The van der Waals surface area contributed by atoms with Crippen molar-refractivity contribution in [2.75, 3.05) is 72.7 Å². The van der Waals surface area contributed by atoms with Crippen LogP contribution in [0.5, 0.6) is 5.75 Å². The Morgan fingerprint density at radius 3 is 2.00 bits per heavy atom. The predicted octanol–water partition coefficient (Wildman–Crippen LogP) is 4.14. The van der Waals surface area contributed by atoms with Crippen molar-refractivity contribution in [3.63, 3.8) is 0 Å². The number of morpholine rings is 1. The third kappa shape index (κ3) is 11.6. The molecule has 1 aliphatic heterocycles. The molecular formula is C30H38F6N4O8S. The van der Waals surface area contributed by atoms with Crippen molar-refractivity contribution >= 4 is 50.2 Å². The van der Waals surface area contributed by atoms with E-state index in [0.29, 0.717) is 29.2 Å². The van der Waals surface area contributed by atoms with Gasteiger partial charge in [0.1, 0.15) is 16.9 Å². The van der Waals surface area contributed by atoms with Crippen LogP contribution >= 0.6 is 11.3 Å². The van der Waals surface area contributed by atoms with Gasteiger partial charge in [-0.2, -0.15) is 26.3 Å². The van der Waals surface area contributed by atoms with Crippen LogP contribution in [0.1, 0.15) is 23.5 Å². The molecule has 1 fully saturated rings. The van der Waals surface area contributed by atoms with Crippen molar-refractivity contribution in [3.05, 3.63) is 39.5 Å². The Hall–Kier alpha value is -3.94. The van der Waals surface area contributed by atoms with E-state index in [0.717, 1.165) is 68.1 Å². The van der Waals surface area contributed by atoms with Crippen molar-refractivity contribution in [1.29, 1.82) is 0 Å². The van der Waals surface area contributed by atoms with Crippen LogP contribution in [-0.4, -0.2) is 132 Å². The Balaban J connectivity index is 0.000000500. The zero-order valence-electron chi connectivity index (χ0n) is 27.2. The van der Waals surface area contributed by atoms with Gasteiger partial charge in [-0.15, -0.1) is 11.3 Å². The Morgan fingerprint density at radius 2 is 1.49 bits per heavy atom. The first-order chi connectivity index (χ1) is 22.8. The lowest BCUT2D eigenvalue weighted by Crippen LogP contribution is -2.39. The number of hydrogen-bond acceptors (Lipinski definition) is 9. The van der Waals surface area contributed by atoms with Gasteiger partial charge in [0.25, 0.3) is 11.5 Å². The Labute approximate surface area is 281 Å². The number of carboxylic acids is 2. The molecule has 3 aromatic rings. The number of halogens is 6. The molecule has 12 nitrogen and oxygen atoms in total. The zero-order chi connectivity index (χ0) is 37.1. The summed E-state index contributed by atoms with van der Waals surface area (Å²) < 4.78 is 77.6. The number of carbonyl (C=O) groups excluding carboxylic acids is 1. The summed E-state index contributed by atoms with van der Waals surface area (Å²) in [6.45, 7) is 11.8. The minimum atomic E-state index is -5.08. The van der Waals surface area contributed by atoms with Crippen molar-refractivity contribution in [2.24, 2.45) is 7.05 Å². The average molecular weight is 729 g/mol. The van der Waals surface area contributed by atoms with Crippen molar-refractivity contribution in [2.45, 2.75) is 26.2 Å². The van der Waals surface area contributed by atoms with E-state index in [2.05, 4.69) is 23.6 Å². The Morgan fingerprint density at radius 1 is 0.959 bits per heavy atom. The lowest BCUT2D eigenvalue weighted by Gasteiger charge is -2.26. The van der Waals surface area contributed by atoms with Gasteiger partial charge in [-0.05, 0) is 19.2 Å². The van der Waals surface area contributed by atoms with Gasteiger partial charge >= 0.3 is 24.3 Å². The number of ether oxygens (including phenoxy) is 2. The molecule has 1 aliphatic rings. The van der Waals surface area contributed by atoms with E-state index in [4.69, 9.17) is 29.3 Å². The van der Waals surface area contributed by atoms with Crippen LogP contribution in [0.4, 0.5) is 26.3 Å². The molecule has 0 spiro atoms. The Bertz CT molecular complexity index is 1610. The van der Waals surface area contributed by atoms with E-state index in [1.54, 1.807) is 16.5 Å². The number of nitrogens with zero attached hydrogens (tertiary/aromatic N) is 4. The highest BCUT2D eigenvalue weighted by atomic mass is 32.1. The summed E-state index contributed by atoms with van der Waals surface area (Å²) in [6, 6.07) is 7.83. The molecule has 0 aliphatic carbocycles. The number of fused-ring (bicyclic) bond motifs is 3. The highest BCUT2D eigenvalue weighted by molar-refractivity contribution is 7.22. The summed E-state index contributed by atoms with van der Waals surface area (Å²) in [7, 11) is 3.60. The molecule has 2 N–H and O–H groups in total. The fourth-order valence-corrected chi connectivity index (χ4v) is 5.79. The van der Waals surface area contributed by atoms with Crippen LogP contribution in [0.3, 0.4) is 0 Å². The number of amides is 1. The average Bonchev–Trinajstić information content (AvgIpc) is 3.43. The second kappa shape index (κ2) is 18.2. The van der Waals surface area contributed by atoms with E-state index in [1.165, 1.54) is 11.3 Å². The molecule has 0 bridgehead atoms. The molecular weight excluding hydrogens is 690 g/mol. The van der Waals surface area contributed by atoms with E-state index in [1.807, 2.05) is 31.3 Å². The van der Waals surface area contributed by atoms with E-state index < -0.39 is 24.3 Å². The SMILES string of the molecule is CCN(CC)CCN(C)C(=O)c1sc2c(c1OCCN1CCOCC1)c(=O)n(C)c1ccccc21.O=C(O)C(F)(F)F.O=C(O)C(F)(F)F. The highest BCUT2D eigenvalue weighted by Crippen LogP contribution is 2.40. The van der Waals surface area contributed by atoms with Gasteiger partial charge in [-0.3, -0.25) is 14.5 Å². The topological polar surface area (TPSA) is 142 Å². The number of hydrogen-bond donors (Lipinski definition) is 2. The van der Waals surface area contributed by atoms with E-state index in [-0.39, 0.29) is 11.5 Å². The third-order valence-electron chi connectivity index (χ3n) is 7.32. The number of benzene rings is 1. The molecule has 0 atom stereocenters. The third-order valence-corrected chi connectivity index (χ3v) is 8.51. The van der Waals surface area contributed by atoms with E-state index in [9.17, 15) is 35.9 Å². The summed E-state index contributed by atoms with van der Waals surface area (Å²) in [5.74, 6) is -5.20. The molecule has 2 aromatic heterocycles. The number of para-hydroxylation sites is 1. The lowest BCUT2D eigenvalue weighted by atomic mass is 10.1. The van der Waals surface area contributed by atoms with Crippen molar-refractivity contribution in [1.82, 2.24) is 19.3 Å². The van der Waals surface area contributed by atoms with Crippen molar-refractivity contribution in [3.8, 4) is 5.75 Å². The molecule has 1 saturated heterocycles. The number of carbonyl (C=O) groups is 3. The maximum Gasteiger partial charge on any atom is 0.490 e. The molecule has 0 radical (unpaired) electrons. The van der Waals surface area contributed by atoms with Crippen LogP contribution in [0, 0.1) is 0 Å². The molecule has 0 unspecified atom stereocenters. The minimum absolute atomic E-state index is 0.106. The lowest BCUT2D eigenvalue weighted by molar-refractivity contribution is -0.193. The first-order valence-electron chi connectivity index (χ1n) is 14.9. The first-order valence-corrected chi connectivity index (χ1v) is 15.7. The zero-order valence-corrected chi connectivity index (χ0v) is 28.0. The molecule has 19 heteroatoms. The van der Waals surface area contributed by atoms with E-state index >= 15 is 0 Å². The summed E-state index contributed by atoms with van der Waals surface area (Å²) in [5, 5.41) is 15.7. The fourth-order valence-electron chi connectivity index (χ4n) is 4.52. The molecule has 0 saturated carbocycles. The van der Waals surface area contributed by atoms with Crippen LogP contribution in [0.15, 0.2) is 29.1 Å². The molecule has 49 heavy (non-hydrogen) atoms. The largest absolute Gasteiger partial charge is 0.490 e. The number of aryl methyl sites for hydroxylation is 1. The number of rotatable bonds is 10. The van der Waals surface area contributed by atoms with Gasteiger partial charge in [-0.1, -0.05) is 32.0 Å². The standard InChI is InChI=1S/C26H36N4O4S.2C2HF3O2/c1-5-29(6-2)12-11-27(3)26(32)24-22(34-18-15-30-13-16-33-17-14-30)21-23(35-24)19-9-7-8-10-20(19)28(4)25(21)31;2*3-2(4,5)1(6)7/h7-10H,5-6,11-18H2,1-4H3;2*(H,6,7). The monoisotopic (exact) mass is 728 g/mol. The fraction of sp³-hybridized carbons (Fsp3) is 0.533. The number of alkyl halides is 6. The Kier molecular flexibility index (Phi) is 15.3. The maximum atomic E-state index is 13.6. The number of likely N-dealkylation sites (N-methyl/N-ethyl adjacent to an activating group) is 2. The van der Waals surface area contributed by atoms with Crippen LogP contribution < -0.4 is 10.3 Å². The number of aliphatic carboxylic acids is 2. The molecule has 4 rings (SSSR count). The van der Waals surface area contributed by atoms with Gasteiger partial charge in [0, 0.05) is 52.2 Å². The highest BCUT2D eigenvalue weighted by Gasteiger charge is 2.39. The van der Waals surface area contributed by atoms with Gasteiger partial charge in [0.15, 0.2) is 5.75 Å². The van der Waals surface area contributed by atoms with Gasteiger partial charge in [-0.25, -0.2) is 9.59 Å². The molecule has 274 valence electrons. The maximum absolute atomic E-state index is 13.6. The number of thiophene rings is 1. The second-order valence-corrected chi connectivity index (χ2v) is 11.5. The number of pyridine rings is 1.